The quantitative estimate of drug-likeness (QED) is 0.569. The Morgan fingerprint density at radius 1 is 1.15 bits per heavy atom. The van der Waals surface area contributed by atoms with Gasteiger partial charge in [0.2, 0.25) is 15.9 Å². The van der Waals surface area contributed by atoms with Crippen LogP contribution in [0.3, 0.4) is 0 Å². The lowest BCUT2D eigenvalue weighted by Crippen LogP contribution is -2.49. The molecule has 11 heteroatoms. The Balaban J connectivity index is 2.23. The molecule has 0 aromatic heterocycles. The summed E-state index contributed by atoms with van der Waals surface area (Å²) in [7, 11) is -1.39. The minimum absolute atomic E-state index is 0.0525. The summed E-state index contributed by atoms with van der Waals surface area (Å²) in [5.74, 6) is -0.605. The summed E-state index contributed by atoms with van der Waals surface area (Å²) in [5.41, 5.74) is 2.06. The van der Waals surface area contributed by atoms with Gasteiger partial charge < -0.3 is 14.4 Å². The predicted octanol–water partition coefficient (Wildman–Crippen LogP) is -0.778. The highest BCUT2D eigenvalue weighted by molar-refractivity contribution is 7.89. The SMILES string of the molecule is CONC(=O)CN(CC(=O)N1CCOCC1)S(=O)(=O)c1ccc(OC)cc1. The number of carbonyl (C=O) groups excluding carboxylic acids is 2. The number of amides is 2. The van der Waals surface area contributed by atoms with Gasteiger partial charge in [-0.15, -0.1) is 0 Å². The maximum absolute atomic E-state index is 13.0. The molecule has 0 radical (unpaired) electrons. The van der Waals surface area contributed by atoms with Crippen molar-refractivity contribution >= 4 is 21.8 Å². The molecule has 1 aromatic carbocycles. The second-order valence-electron chi connectivity index (χ2n) is 5.67. The summed E-state index contributed by atoms with van der Waals surface area (Å²) >= 11 is 0. The van der Waals surface area contributed by atoms with Crippen LogP contribution in [0.2, 0.25) is 0 Å². The van der Waals surface area contributed by atoms with Crippen LogP contribution in [0.1, 0.15) is 0 Å². The van der Waals surface area contributed by atoms with Crippen LogP contribution in [-0.2, 0) is 29.2 Å². The Bertz CT molecular complexity index is 746. The number of methoxy groups -OCH3 is 1. The summed E-state index contributed by atoms with van der Waals surface area (Å²) < 4.78 is 37.0. The average Bonchev–Trinajstić information content (AvgIpc) is 2.68. The maximum atomic E-state index is 13.0. The number of hydroxylamine groups is 1. The molecule has 10 nitrogen and oxygen atoms in total. The molecule has 0 aliphatic carbocycles. The molecule has 0 atom stereocenters. The van der Waals surface area contributed by atoms with Gasteiger partial charge in [-0.3, -0.25) is 14.4 Å². The molecular weight excluding hydrogens is 378 g/mol. The van der Waals surface area contributed by atoms with E-state index >= 15 is 0 Å². The first-order chi connectivity index (χ1) is 12.9. The molecule has 150 valence electrons. The molecule has 0 unspecified atom stereocenters. The largest absolute Gasteiger partial charge is 0.497 e. The van der Waals surface area contributed by atoms with Crippen molar-refractivity contribution in [1.29, 1.82) is 0 Å². The lowest BCUT2D eigenvalue weighted by Gasteiger charge is -2.29. The van der Waals surface area contributed by atoms with Crippen LogP contribution in [0.5, 0.6) is 5.75 Å². The topological polar surface area (TPSA) is 114 Å². The van der Waals surface area contributed by atoms with Crippen LogP contribution in [-0.4, -0.2) is 83.0 Å². The number of hydrogen-bond acceptors (Lipinski definition) is 7. The molecule has 1 aliphatic heterocycles. The fourth-order valence-corrected chi connectivity index (χ4v) is 3.84. The molecule has 1 N–H and O–H groups in total. The van der Waals surface area contributed by atoms with Crippen LogP contribution in [0, 0.1) is 0 Å². The van der Waals surface area contributed by atoms with Gasteiger partial charge in [0, 0.05) is 13.1 Å². The van der Waals surface area contributed by atoms with E-state index in [-0.39, 0.29) is 4.90 Å². The number of ether oxygens (including phenoxy) is 2. The van der Waals surface area contributed by atoms with E-state index in [1.165, 1.54) is 43.4 Å². The molecule has 1 aliphatic rings. The number of nitrogens with one attached hydrogen (secondary N) is 1. The zero-order valence-electron chi connectivity index (χ0n) is 15.2. The lowest BCUT2D eigenvalue weighted by molar-refractivity contribution is -0.136. The lowest BCUT2D eigenvalue weighted by atomic mass is 10.3. The van der Waals surface area contributed by atoms with Crippen LogP contribution in [0.15, 0.2) is 29.2 Å². The van der Waals surface area contributed by atoms with Crippen molar-refractivity contribution in [3.63, 3.8) is 0 Å². The van der Waals surface area contributed by atoms with Crippen molar-refractivity contribution in [2.75, 3.05) is 53.6 Å². The maximum Gasteiger partial charge on any atom is 0.258 e. The number of sulfonamides is 1. The minimum atomic E-state index is -4.09. The molecule has 0 saturated carbocycles. The number of hydrogen-bond donors (Lipinski definition) is 1. The Hall–Kier alpha value is -2.21. The van der Waals surface area contributed by atoms with E-state index < -0.39 is 34.9 Å². The van der Waals surface area contributed by atoms with Gasteiger partial charge >= 0.3 is 0 Å². The number of nitrogens with zero attached hydrogens (tertiary/aromatic N) is 2. The van der Waals surface area contributed by atoms with Crippen molar-refractivity contribution in [1.82, 2.24) is 14.7 Å². The van der Waals surface area contributed by atoms with Gasteiger partial charge in [0.25, 0.3) is 5.91 Å². The zero-order chi connectivity index (χ0) is 19.9. The highest BCUT2D eigenvalue weighted by Crippen LogP contribution is 2.19. The number of benzene rings is 1. The summed E-state index contributed by atoms with van der Waals surface area (Å²) in [4.78, 5) is 30.4. The predicted molar refractivity (Wildman–Crippen MR) is 94.3 cm³/mol. The monoisotopic (exact) mass is 401 g/mol. The molecule has 2 amide bonds. The third-order valence-electron chi connectivity index (χ3n) is 3.91. The van der Waals surface area contributed by atoms with Crippen molar-refractivity contribution in [3.05, 3.63) is 24.3 Å². The van der Waals surface area contributed by atoms with Gasteiger partial charge in [-0.2, -0.15) is 4.31 Å². The molecular formula is C16H23N3O7S. The second kappa shape index (κ2) is 9.65. The Morgan fingerprint density at radius 2 is 1.78 bits per heavy atom. The van der Waals surface area contributed by atoms with E-state index in [9.17, 15) is 18.0 Å². The molecule has 1 saturated heterocycles. The number of carbonyl (C=O) groups is 2. The Labute approximate surface area is 158 Å². The Kier molecular flexibility index (Phi) is 7.54. The number of morpholine rings is 1. The molecule has 0 spiro atoms. The van der Waals surface area contributed by atoms with Gasteiger partial charge in [0.05, 0.1) is 45.4 Å². The molecule has 1 heterocycles. The highest BCUT2D eigenvalue weighted by Gasteiger charge is 2.30. The summed E-state index contributed by atoms with van der Waals surface area (Å²) in [6, 6.07) is 5.69. The molecule has 2 rings (SSSR count). The van der Waals surface area contributed by atoms with E-state index in [4.69, 9.17) is 9.47 Å². The minimum Gasteiger partial charge on any atom is -0.497 e. The van der Waals surface area contributed by atoms with Crippen molar-refractivity contribution in [3.8, 4) is 5.75 Å². The van der Waals surface area contributed by atoms with Gasteiger partial charge in [0.15, 0.2) is 0 Å². The van der Waals surface area contributed by atoms with Crippen LogP contribution in [0.25, 0.3) is 0 Å². The Morgan fingerprint density at radius 3 is 2.33 bits per heavy atom. The molecule has 1 aromatic rings. The van der Waals surface area contributed by atoms with Gasteiger partial charge in [-0.1, -0.05) is 0 Å². The third-order valence-corrected chi connectivity index (χ3v) is 5.71. The highest BCUT2D eigenvalue weighted by atomic mass is 32.2. The molecule has 1 fully saturated rings. The summed E-state index contributed by atoms with van der Waals surface area (Å²) in [5, 5.41) is 0. The van der Waals surface area contributed by atoms with E-state index in [1.807, 2.05) is 0 Å². The van der Waals surface area contributed by atoms with Gasteiger partial charge in [-0.05, 0) is 24.3 Å². The van der Waals surface area contributed by atoms with Crippen LogP contribution in [0.4, 0.5) is 0 Å². The standard InChI is InChI=1S/C16H23N3O7S/c1-24-13-3-5-14(6-4-13)27(22,23)19(11-15(20)17-25-2)12-16(21)18-7-9-26-10-8-18/h3-6H,7-12H2,1-2H3,(H,17,20). The zero-order valence-corrected chi connectivity index (χ0v) is 16.0. The third kappa shape index (κ3) is 5.63. The van der Waals surface area contributed by atoms with Crippen molar-refractivity contribution < 1.29 is 32.3 Å². The van der Waals surface area contributed by atoms with Crippen LogP contribution >= 0.6 is 0 Å². The second-order valence-corrected chi connectivity index (χ2v) is 7.61. The van der Waals surface area contributed by atoms with E-state index in [2.05, 4.69) is 10.3 Å². The van der Waals surface area contributed by atoms with Crippen molar-refractivity contribution in [2.24, 2.45) is 0 Å². The van der Waals surface area contributed by atoms with E-state index in [0.29, 0.717) is 32.1 Å². The van der Waals surface area contributed by atoms with Crippen molar-refractivity contribution in [2.45, 2.75) is 4.90 Å². The molecule has 0 bridgehead atoms. The smallest absolute Gasteiger partial charge is 0.258 e. The van der Waals surface area contributed by atoms with Gasteiger partial charge in [0.1, 0.15) is 5.75 Å². The first-order valence-electron chi connectivity index (χ1n) is 8.20. The van der Waals surface area contributed by atoms with E-state index in [1.54, 1.807) is 0 Å². The first kappa shape index (κ1) is 21.1. The summed E-state index contributed by atoms with van der Waals surface area (Å²) in [6.07, 6.45) is 0. The van der Waals surface area contributed by atoms with Gasteiger partial charge in [-0.25, -0.2) is 13.9 Å². The first-order valence-corrected chi connectivity index (χ1v) is 9.64. The normalized spacial score (nSPS) is 14.9. The summed E-state index contributed by atoms with van der Waals surface area (Å²) in [6.45, 7) is 0.505. The fraction of sp³-hybridized carbons (Fsp3) is 0.500. The number of rotatable bonds is 8. The molecule has 27 heavy (non-hydrogen) atoms. The van der Waals surface area contributed by atoms with Crippen LogP contribution < -0.4 is 10.2 Å². The fourth-order valence-electron chi connectivity index (χ4n) is 2.49. The van der Waals surface area contributed by atoms with E-state index in [0.717, 1.165) is 4.31 Å². The average molecular weight is 401 g/mol.